The first kappa shape index (κ1) is 21.7. The molecule has 4 aromatic rings. The van der Waals surface area contributed by atoms with Gasteiger partial charge in [0.05, 0.1) is 17.1 Å². The van der Waals surface area contributed by atoms with Crippen LogP contribution >= 0.6 is 11.6 Å². The van der Waals surface area contributed by atoms with Gasteiger partial charge in [0.1, 0.15) is 12.6 Å². The van der Waals surface area contributed by atoms with Crippen LogP contribution in [0.5, 0.6) is 0 Å². The van der Waals surface area contributed by atoms with Gasteiger partial charge in [0.15, 0.2) is 0 Å². The Morgan fingerprint density at radius 3 is 2.23 bits per heavy atom. The van der Waals surface area contributed by atoms with Crippen molar-refractivity contribution in [2.24, 2.45) is 0 Å². The van der Waals surface area contributed by atoms with Gasteiger partial charge in [-0.3, -0.25) is 14.5 Å². The fraction of sp³-hybridized carbons (Fsp3) is 0.172. The van der Waals surface area contributed by atoms with E-state index >= 15 is 0 Å². The summed E-state index contributed by atoms with van der Waals surface area (Å²) in [6, 6.07) is 28.6. The Labute approximate surface area is 209 Å². The van der Waals surface area contributed by atoms with Crippen LogP contribution in [-0.4, -0.2) is 33.9 Å². The van der Waals surface area contributed by atoms with E-state index in [4.69, 9.17) is 11.6 Å². The molecule has 1 fully saturated rings. The second kappa shape index (κ2) is 8.75. The van der Waals surface area contributed by atoms with Crippen LogP contribution < -0.4 is 4.90 Å². The molecule has 174 valence electrons. The van der Waals surface area contributed by atoms with E-state index < -0.39 is 0 Å². The van der Waals surface area contributed by atoms with E-state index in [1.165, 1.54) is 0 Å². The SMILES string of the molecule is O=C(c1ccccc1)N(CC(=O)N1c2ccccc2-n2cccc2C1c1ccc(Cl)cc1)C1CC1. The molecule has 2 heterocycles. The zero-order valence-corrected chi connectivity index (χ0v) is 19.8. The van der Waals surface area contributed by atoms with Gasteiger partial charge in [-0.2, -0.15) is 0 Å². The van der Waals surface area contributed by atoms with Crippen molar-refractivity contribution >= 4 is 29.1 Å². The van der Waals surface area contributed by atoms with Crippen molar-refractivity contribution in [2.75, 3.05) is 11.4 Å². The Balaban J connectivity index is 1.42. The first-order chi connectivity index (χ1) is 17.1. The van der Waals surface area contributed by atoms with E-state index in [0.717, 1.165) is 35.5 Å². The van der Waals surface area contributed by atoms with Gasteiger partial charge < -0.3 is 9.47 Å². The molecule has 5 nitrogen and oxygen atoms in total. The number of nitrogens with zero attached hydrogens (tertiary/aromatic N) is 3. The first-order valence-corrected chi connectivity index (χ1v) is 12.2. The summed E-state index contributed by atoms with van der Waals surface area (Å²) in [7, 11) is 0. The quantitative estimate of drug-likeness (QED) is 0.358. The molecule has 0 spiro atoms. The van der Waals surface area contributed by atoms with Gasteiger partial charge in [0, 0.05) is 22.8 Å². The van der Waals surface area contributed by atoms with Crippen LogP contribution in [0.4, 0.5) is 5.69 Å². The van der Waals surface area contributed by atoms with Crippen molar-refractivity contribution in [2.45, 2.75) is 24.9 Å². The third-order valence-corrected chi connectivity index (χ3v) is 7.00. The van der Waals surface area contributed by atoms with E-state index in [1.807, 2.05) is 102 Å². The third kappa shape index (κ3) is 3.92. The van der Waals surface area contributed by atoms with Crippen LogP contribution in [0, 0.1) is 0 Å². The highest BCUT2D eigenvalue weighted by molar-refractivity contribution is 6.30. The van der Waals surface area contributed by atoms with Crippen LogP contribution in [0.3, 0.4) is 0 Å². The minimum Gasteiger partial charge on any atom is -0.326 e. The van der Waals surface area contributed by atoms with Crippen molar-refractivity contribution in [1.29, 1.82) is 0 Å². The van der Waals surface area contributed by atoms with Crippen molar-refractivity contribution in [1.82, 2.24) is 9.47 Å². The average molecular weight is 482 g/mol. The number of benzene rings is 3. The Kier molecular flexibility index (Phi) is 5.42. The summed E-state index contributed by atoms with van der Waals surface area (Å²) < 4.78 is 2.13. The topological polar surface area (TPSA) is 45.6 Å². The lowest BCUT2D eigenvalue weighted by molar-refractivity contribution is -0.119. The number of amides is 2. The number of hydrogen-bond acceptors (Lipinski definition) is 2. The fourth-order valence-corrected chi connectivity index (χ4v) is 5.07. The molecular formula is C29H24ClN3O2. The Morgan fingerprint density at radius 1 is 0.829 bits per heavy atom. The molecule has 1 unspecified atom stereocenters. The van der Waals surface area contributed by atoms with E-state index in [1.54, 1.807) is 4.90 Å². The zero-order chi connectivity index (χ0) is 23.9. The Morgan fingerprint density at radius 2 is 1.51 bits per heavy atom. The smallest absolute Gasteiger partial charge is 0.254 e. The molecule has 1 aliphatic carbocycles. The lowest BCUT2D eigenvalue weighted by atomic mass is 9.97. The van der Waals surface area contributed by atoms with Gasteiger partial charge in [-0.1, -0.05) is 54.1 Å². The number of rotatable bonds is 5. The van der Waals surface area contributed by atoms with Gasteiger partial charge in [0.25, 0.3) is 5.91 Å². The average Bonchev–Trinajstić information content (AvgIpc) is 3.62. The van der Waals surface area contributed by atoms with E-state index in [0.29, 0.717) is 10.6 Å². The standard InChI is InChI=1S/C29H24ClN3O2/c30-22-14-12-20(13-15-22)28-26-11-6-18-31(26)24-9-4-5-10-25(24)33(28)27(34)19-32(23-16-17-23)29(35)21-7-2-1-3-8-21/h1-15,18,23,28H,16-17,19H2. The number of halogens is 1. The van der Waals surface area contributed by atoms with Gasteiger partial charge in [-0.25, -0.2) is 0 Å². The monoisotopic (exact) mass is 481 g/mol. The summed E-state index contributed by atoms with van der Waals surface area (Å²) in [6.07, 6.45) is 3.87. The molecular weight excluding hydrogens is 458 g/mol. The maximum Gasteiger partial charge on any atom is 0.254 e. The highest BCUT2D eigenvalue weighted by Crippen LogP contribution is 2.42. The molecule has 1 aliphatic heterocycles. The predicted octanol–water partition coefficient (Wildman–Crippen LogP) is 5.87. The van der Waals surface area contributed by atoms with Crippen LogP contribution in [-0.2, 0) is 4.79 Å². The summed E-state index contributed by atoms with van der Waals surface area (Å²) in [5, 5.41) is 0.645. The van der Waals surface area contributed by atoms with Crippen molar-refractivity contribution < 1.29 is 9.59 Å². The molecule has 0 saturated heterocycles. The minimum absolute atomic E-state index is 0.0253. The summed E-state index contributed by atoms with van der Waals surface area (Å²) in [4.78, 5) is 31.1. The number of carbonyl (C=O) groups excluding carboxylic acids is 2. The lowest BCUT2D eigenvalue weighted by Crippen LogP contribution is -2.47. The maximum atomic E-state index is 14.1. The van der Waals surface area contributed by atoms with Crippen LogP contribution in [0.1, 0.15) is 40.5 Å². The lowest BCUT2D eigenvalue weighted by Gasteiger charge is -2.39. The fourth-order valence-electron chi connectivity index (χ4n) is 4.94. The third-order valence-electron chi connectivity index (χ3n) is 6.75. The second-order valence-corrected chi connectivity index (χ2v) is 9.48. The predicted molar refractivity (Wildman–Crippen MR) is 137 cm³/mol. The molecule has 0 N–H and O–H groups in total. The van der Waals surface area contributed by atoms with Crippen LogP contribution in [0.15, 0.2) is 97.2 Å². The largest absolute Gasteiger partial charge is 0.326 e. The van der Waals surface area contributed by atoms with Crippen LogP contribution in [0.2, 0.25) is 5.02 Å². The van der Waals surface area contributed by atoms with Crippen molar-refractivity contribution in [3.05, 3.63) is 119 Å². The summed E-state index contributed by atoms with van der Waals surface area (Å²) in [5.74, 6) is -0.209. The van der Waals surface area contributed by atoms with E-state index in [2.05, 4.69) is 4.57 Å². The molecule has 6 rings (SSSR count). The Bertz CT molecular complexity index is 1390. The number of hydrogen-bond donors (Lipinski definition) is 0. The highest BCUT2D eigenvalue weighted by Gasteiger charge is 2.40. The second-order valence-electron chi connectivity index (χ2n) is 9.04. The summed E-state index contributed by atoms with van der Waals surface area (Å²) >= 11 is 6.18. The first-order valence-electron chi connectivity index (χ1n) is 11.8. The van der Waals surface area contributed by atoms with E-state index in [-0.39, 0.29) is 30.4 Å². The molecule has 3 aromatic carbocycles. The van der Waals surface area contributed by atoms with E-state index in [9.17, 15) is 9.59 Å². The molecule has 2 aliphatic rings. The number of para-hydroxylation sites is 2. The molecule has 35 heavy (non-hydrogen) atoms. The highest BCUT2D eigenvalue weighted by atomic mass is 35.5. The molecule has 6 heteroatoms. The number of aromatic nitrogens is 1. The number of anilines is 1. The van der Waals surface area contributed by atoms with Crippen LogP contribution in [0.25, 0.3) is 5.69 Å². The zero-order valence-electron chi connectivity index (χ0n) is 19.0. The number of fused-ring (bicyclic) bond motifs is 3. The molecule has 0 bridgehead atoms. The van der Waals surface area contributed by atoms with Crippen molar-refractivity contribution in [3.63, 3.8) is 0 Å². The van der Waals surface area contributed by atoms with Gasteiger partial charge >= 0.3 is 0 Å². The minimum atomic E-state index is -0.336. The van der Waals surface area contributed by atoms with Gasteiger partial charge in [-0.05, 0) is 66.9 Å². The molecule has 1 atom stereocenters. The van der Waals surface area contributed by atoms with Gasteiger partial charge in [0.2, 0.25) is 5.91 Å². The molecule has 1 aromatic heterocycles. The number of carbonyl (C=O) groups is 2. The van der Waals surface area contributed by atoms with Gasteiger partial charge in [-0.15, -0.1) is 0 Å². The summed E-state index contributed by atoms with van der Waals surface area (Å²) in [6.45, 7) is 0.0253. The summed E-state index contributed by atoms with van der Waals surface area (Å²) in [5.41, 5.74) is 4.33. The Hall–Kier alpha value is -3.83. The molecule has 0 radical (unpaired) electrons. The molecule has 2 amide bonds. The molecule has 1 saturated carbocycles. The normalized spacial score (nSPS) is 16.4. The maximum absolute atomic E-state index is 14.1. The van der Waals surface area contributed by atoms with Crippen molar-refractivity contribution in [3.8, 4) is 5.69 Å².